The molecule has 0 aromatic heterocycles. The van der Waals surface area contributed by atoms with Crippen molar-refractivity contribution >= 4 is 11.6 Å². The van der Waals surface area contributed by atoms with E-state index >= 15 is 0 Å². The highest BCUT2D eigenvalue weighted by molar-refractivity contribution is 6.30. The van der Waals surface area contributed by atoms with Gasteiger partial charge in [0.25, 0.3) is 0 Å². The molecule has 1 fully saturated rings. The zero-order chi connectivity index (χ0) is 11.5. The van der Waals surface area contributed by atoms with E-state index in [4.69, 9.17) is 11.6 Å². The van der Waals surface area contributed by atoms with Crippen LogP contribution in [0.25, 0.3) is 0 Å². The van der Waals surface area contributed by atoms with Crippen LogP contribution in [-0.4, -0.2) is 13.1 Å². The van der Waals surface area contributed by atoms with Gasteiger partial charge in [-0.3, -0.25) is 0 Å². The SMILES string of the molecule is CNC1CCCC1Cc1ccc(F)c(Cl)c1. The third-order valence-corrected chi connectivity index (χ3v) is 3.80. The standard InChI is InChI=1S/C13H17ClFN/c1-16-13-4-2-3-10(13)7-9-5-6-12(15)11(14)8-9/h5-6,8,10,13,16H,2-4,7H2,1H3. The molecule has 16 heavy (non-hydrogen) atoms. The van der Waals surface area contributed by atoms with Crippen molar-refractivity contribution in [3.05, 3.63) is 34.6 Å². The van der Waals surface area contributed by atoms with Crippen LogP contribution < -0.4 is 5.32 Å². The second-order valence-electron chi connectivity index (χ2n) is 4.54. The van der Waals surface area contributed by atoms with Gasteiger partial charge in [-0.15, -0.1) is 0 Å². The molecular weight excluding hydrogens is 225 g/mol. The predicted octanol–water partition coefficient (Wildman–Crippen LogP) is 3.41. The van der Waals surface area contributed by atoms with Crippen LogP contribution >= 0.6 is 11.6 Å². The van der Waals surface area contributed by atoms with Crippen molar-refractivity contribution in [2.75, 3.05) is 7.05 Å². The van der Waals surface area contributed by atoms with Crippen molar-refractivity contribution < 1.29 is 4.39 Å². The van der Waals surface area contributed by atoms with Crippen LogP contribution in [0.15, 0.2) is 18.2 Å². The number of rotatable bonds is 3. The average molecular weight is 242 g/mol. The van der Waals surface area contributed by atoms with E-state index in [-0.39, 0.29) is 10.8 Å². The predicted molar refractivity (Wildman–Crippen MR) is 65.3 cm³/mol. The number of halogens is 2. The third-order valence-electron chi connectivity index (χ3n) is 3.51. The van der Waals surface area contributed by atoms with Gasteiger partial charge in [0.1, 0.15) is 5.82 Å². The Morgan fingerprint density at radius 2 is 2.25 bits per heavy atom. The summed E-state index contributed by atoms with van der Waals surface area (Å²) in [5, 5.41) is 3.59. The molecule has 0 radical (unpaired) electrons. The van der Waals surface area contributed by atoms with Crippen LogP contribution in [0.4, 0.5) is 4.39 Å². The Balaban J connectivity index is 2.05. The lowest BCUT2D eigenvalue weighted by molar-refractivity contribution is 0.423. The highest BCUT2D eigenvalue weighted by Gasteiger charge is 2.25. The van der Waals surface area contributed by atoms with Gasteiger partial charge < -0.3 is 5.32 Å². The van der Waals surface area contributed by atoms with E-state index in [1.54, 1.807) is 6.07 Å². The minimum absolute atomic E-state index is 0.233. The normalized spacial score (nSPS) is 24.9. The monoisotopic (exact) mass is 241 g/mol. The number of hydrogen-bond acceptors (Lipinski definition) is 1. The van der Waals surface area contributed by atoms with E-state index in [0.717, 1.165) is 12.0 Å². The molecule has 0 bridgehead atoms. The maximum Gasteiger partial charge on any atom is 0.141 e. The fourth-order valence-electron chi connectivity index (χ4n) is 2.63. The summed E-state index contributed by atoms with van der Waals surface area (Å²) in [6.07, 6.45) is 4.77. The molecular formula is C13H17ClFN. The van der Waals surface area contributed by atoms with Gasteiger partial charge in [-0.25, -0.2) is 4.39 Å². The first-order chi connectivity index (χ1) is 7.70. The third kappa shape index (κ3) is 2.55. The van der Waals surface area contributed by atoms with E-state index in [2.05, 4.69) is 5.32 Å². The van der Waals surface area contributed by atoms with E-state index in [1.807, 2.05) is 13.1 Å². The van der Waals surface area contributed by atoms with Gasteiger partial charge in [0, 0.05) is 6.04 Å². The number of hydrogen-bond donors (Lipinski definition) is 1. The Labute approximate surface area is 101 Å². The van der Waals surface area contributed by atoms with Crippen molar-refractivity contribution in [3.63, 3.8) is 0 Å². The van der Waals surface area contributed by atoms with Gasteiger partial charge in [-0.2, -0.15) is 0 Å². The van der Waals surface area contributed by atoms with E-state index in [0.29, 0.717) is 12.0 Å². The summed E-state index contributed by atoms with van der Waals surface area (Å²) in [7, 11) is 2.01. The summed E-state index contributed by atoms with van der Waals surface area (Å²) in [6, 6.07) is 5.65. The first kappa shape index (κ1) is 11.9. The highest BCUT2D eigenvalue weighted by Crippen LogP contribution is 2.29. The Morgan fingerprint density at radius 3 is 2.94 bits per heavy atom. The van der Waals surface area contributed by atoms with Crippen LogP contribution in [-0.2, 0) is 6.42 Å². The maximum atomic E-state index is 13.0. The molecule has 0 saturated heterocycles. The first-order valence-corrected chi connectivity index (χ1v) is 6.19. The lowest BCUT2D eigenvalue weighted by Gasteiger charge is -2.19. The molecule has 1 aromatic carbocycles. The van der Waals surface area contributed by atoms with Crippen molar-refractivity contribution in [3.8, 4) is 0 Å². The quantitative estimate of drug-likeness (QED) is 0.855. The zero-order valence-corrected chi connectivity index (χ0v) is 10.2. The largest absolute Gasteiger partial charge is 0.317 e. The number of nitrogens with one attached hydrogen (secondary N) is 1. The van der Waals surface area contributed by atoms with E-state index < -0.39 is 0 Å². The summed E-state index contributed by atoms with van der Waals surface area (Å²) >= 11 is 5.78. The maximum absolute atomic E-state index is 13.0. The van der Waals surface area contributed by atoms with Gasteiger partial charge in [0.2, 0.25) is 0 Å². The number of benzene rings is 1. The molecule has 0 spiro atoms. The summed E-state index contributed by atoms with van der Waals surface area (Å²) < 4.78 is 13.0. The molecule has 2 unspecified atom stereocenters. The smallest absolute Gasteiger partial charge is 0.141 e. The van der Waals surface area contributed by atoms with Crippen LogP contribution in [0, 0.1) is 11.7 Å². The molecule has 3 heteroatoms. The lowest BCUT2D eigenvalue weighted by atomic mass is 9.95. The summed E-state index contributed by atoms with van der Waals surface area (Å²) in [4.78, 5) is 0. The van der Waals surface area contributed by atoms with Crippen LogP contribution in [0.3, 0.4) is 0 Å². The topological polar surface area (TPSA) is 12.0 Å². The molecule has 2 rings (SSSR count). The molecule has 1 nitrogen and oxygen atoms in total. The molecule has 1 N–H and O–H groups in total. The van der Waals surface area contributed by atoms with Gasteiger partial charge in [0.05, 0.1) is 5.02 Å². The molecule has 0 aliphatic heterocycles. The Kier molecular flexibility index (Phi) is 3.82. The first-order valence-electron chi connectivity index (χ1n) is 5.82. The van der Waals surface area contributed by atoms with Crippen LogP contribution in [0.1, 0.15) is 24.8 Å². The Morgan fingerprint density at radius 1 is 1.44 bits per heavy atom. The van der Waals surface area contributed by atoms with Crippen molar-refractivity contribution in [1.29, 1.82) is 0 Å². The minimum Gasteiger partial charge on any atom is -0.317 e. The molecule has 1 aromatic rings. The van der Waals surface area contributed by atoms with E-state index in [1.165, 1.54) is 25.3 Å². The minimum atomic E-state index is -0.331. The molecule has 0 heterocycles. The average Bonchev–Trinajstić information content (AvgIpc) is 2.71. The molecule has 1 saturated carbocycles. The molecule has 1 aliphatic carbocycles. The van der Waals surface area contributed by atoms with Crippen LogP contribution in [0.5, 0.6) is 0 Å². The van der Waals surface area contributed by atoms with Gasteiger partial charge in [0.15, 0.2) is 0 Å². The van der Waals surface area contributed by atoms with Gasteiger partial charge in [-0.1, -0.05) is 24.1 Å². The second kappa shape index (κ2) is 5.15. The van der Waals surface area contributed by atoms with E-state index in [9.17, 15) is 4.39 Å². The van der Waals surface area contributed by atoms with Gasteiger partial charge in [-0.05, 0) is 49.9 Å². The fraction of sp³-hybridized carbons (Fsp3) is 0.538. The molecule has 1 aliphatic rings. The second-order valence-corrected chi connectivity index (χ2v) is 4.95. The van der Waals surface area contributed by atoms with Gasteiger partial charge >= 0.3 is 0 Å². The zero-order valence-electron chi connectivity index (χ0n) is 9.47. The molecule has 2 atom stereocenters. The lowest BCUT2D eigenvalue weighted by Crippen LogP contribution is -2.30. The molecule has 88 valence electrons. The summed E-state index contributed by atoms with van der Waals surface area (Å²) in [6.45, 7) is 0. The highest BCUT2D eigenvalue weighted by atomic mass is 35.5. The Bertz CT molecular complexity index is 367. The van der Waals surface area contributed by atoms with Crippen molar-refractivity contribution in [2.24, 2.45) is 5.92 Å². The molecule has 0 amide bonds. The summed E-state index contributed by atoms with van der Waals surface area (Å²) in [5.74, 6) is 0.327. The van der Waals surface area contributed by atoms with Crippen molar-refractivity contribution in [1.82, 2.24) is 5.32 Å². The Hall–Kier alpha value is -0.600. The van der Waals surface area contributed by atoms with Crippen molar-refractivity contribution in [2.45, 2.75) is 31.7 Å². The summed E-state index contributed by atoms with van der Waals surface area (Å²) in [5.41, 5.74) is 1.14. The van der Waals surface area contributed by atoms with Crippen LogP contribution in [0.2, 0.25) is 5.02 Å². The fourth-order valence-corrected chi connectivity index (χ4v) is 2.83.